The molecule has 0 unspecified atom stereocenters. The van der Waals surface area contributed by atoms with E-state index >= 15 is 0 Å². The van der Waals surface area contributed by atoms with E-state index in [1.54, 1.807) is 28.8 Å². The highest BCUT2D eigenvalue weighted by atomic mass is 32.2. The zero-order chi connectivity index (χ0) is 14.9. The van der Waals surface area contributed by atoms with Gasteiger partial charge in [0.25, 0.3) is 5.69 Å². The minimum atomic E-state index is -0.378. The van der Waals surface area contributed by atoms with Crippen LogP contribution in [0.25, 0.3) is 0 Å². The third-order valence-electron chi connectivity index (χ3n) is 3.13. The van der Waals surface area contributed by atoms with Gasteiger partial charge in [-0.25, -0.2) is 0 Å². The minimum Gasteiger partial charge on any atom is -0.311 e. The maximum Gasteiger partial charge on any atom is 0.274 e. The number of carbonyl (C=O) groups excluding carboxylic acids is 1. The van der Waals surface area contributed by atoms with Crippen molar-refractivity contribution < 1.29 is 9.72 Å². The number of nitrogens with zero attached hydrogens (tertiary/aromatic N) is 2. The van der Waals surface area contributed by atoms with Gasteiger partial charge in [0.05, 0.1) is 21.9 Å². The maximum absolute atomic E-state index is 12.3. The molecular formula is C14H18N2O3S. The summed E-state index contributed by atoms with van der Waals surface area (Å²) in [7, 11) is 0. The number of thioether (sulfide) groups is 1. The molecule has 1 aliphatic heterocycles. The van der Waals surface area contributed by atoms with Crippen LogP contribution >= 0.6 is 11.8 Å². The van der Waals surface area contributed by atoms with Crippen LogP contribution in [-0.2, 0) is 11.2 Å². The third kappa shape index (κ3) is 3.12. The minimum absolute atomic E-state index is 0.0178. The van der Waals surface area contributed by atoms with Crippen molar-refractivity contribution in [3.8, 4) is 0 Å². The Hall–Kier alpha value is -1.56. The first-order chi connectivity index (χ1) is 9.29. The van der Waals surface area contributed by atoms with Gasteiger partial charge in [0, 0.05) is 17.4 Å². The van der Waals surface area contributed by atoms with E-state index in [1.807, 2.05) is 0 Å². The number of hydrogen-bond acceptors (Lipinski definition) is 4. The number of benzene rings is 1. The molecule has 108 valence electrons. The van der Waals surface area contributed by atoms with Gasteiger partial charge in [-0.1, -0.05) is 26.8 Å². The maximum atomic E-state index is 12.3. The van der Waals surface area contributed by atoms with Crippen LogP contribution < -0.4 is 4.90 Å². The lowest BCUT2D eigenvalue weighted by atomic mass is 10.1. The van der Waals surface area contributed by atoms with E-state index in [2.05, 4.69) is 20.8 Å². The lowest BCUT2D eigenvalue weighted by Crippen LogP contribution is -2.31. The summed E-state index contributed by atoms with van der Waals surface area (Å²) in [5.74, 6) is 0.412. The molecule has 0 fully saturated rings. The Balaban J connectivity index is 2.18. The molecule has 0 bridgehead atoms. The molecular weight excluding hydrogens is 276 g/mol. The van der Waals surface area contributed by atoms with Gasteiger partial charge in [-0.15, -0.1) is 11.8 Å². The molecule has 0 saturated carbocycles. The fraction of sp³-hybridized carbons (Fsp3) is 0.500. The normalized spacial score (nSPS) is 14.2. The Morgan fingerprint density at radius 3 is 2.75 bits per heavy atom. The second-order valence-corrected chi connectivity index (χ2v) is 7.53. The van der Waals surface area contributed by atoms with Crippen molar-refractivity contribution in [3.63, 3.8) is 0 Å². The molecule has 0 aliphatic carbocycles. The van der Waals surface area contributed by atoms with Crippen LogP contribution in [-0.4, -0.2) is 27.9 Å². The molecule has 0 radical (unpaired) electrons. The summed E-state index contributed by atoms with van der Waals surface area (Å²) in [6, 6.07) is 4.92. The van der Waals surface area contributed by atoms with Crippen molar-refractivity contribution in [2.75, 3.05) is 17.2 Å². The molecule has 20 heavy (non-hydrogen) atoms. The van der Waals surface area contributed by atoms with Crippen LogP contribution in [0.2, 0.25) is 0 Å². The monoisotopic (exact) mass is 294 g/mol. The zero-order valence-corrected chi connectivity index (χ0v) is 12.7. The molecule has 0 N–H and O–H groups in total. The Kier molecular flexibility index (Phi) is 4.04. The predicted molar refractivity (Wildman–Crippen MR) is 81.4 cm³/mol. The zero-order valence-electron chi connectivity index (χ0n) is 11.9. The van der Waals surface area contributed by atoms with E-state index in [9.17, 15) is 14.9 Å². The summed E-state index contributed by atoms with van der Waals surface area (Å²) in [6.45, 7) is 6.72. The van der Waals surface area contributed by atoms with E-state index in [0.29, 0.717) is 30.0 Å². The predicted octanol–water partition coefficient (Wildman–Crippen LogP) is 3.02. The highest BCUT2D eigenvalue weighted by molar-refractivity contribution is 8.01. The quantitative estimate of drug-likeness (QED) is 0.635. The molecule has 1 aromatic carbocycles. The molecule has 1 heterocycles. The van der Waals surface area contributed by atoms with Gasteiger partial charge in [0.1, 0.15) is 0 Å². The summed E-state index contributed by atoms with van der Waals surface area (Å²) in [5, 5.41) is 11.0. The average Bonchev–Trinajstić information content (AvgIpc) is 2.78. The summed E-state index contributed by atoms with van der Waals surface area (Å²) in [4.78, 5) is 24.6. The highest BCUT2D eigenvalue weighted by Crippen LogP contribution is 2.35. The molecule has 0 aromatic heterocycles. The van der Waals surface area contributed by atoms with Crippen LogP contribution in [0.3, 0.4) is 0 Å². The number of rotatable bonds is 3. The van der Waals surface area contributed by atoms with Crippen molar-refractivity contribution in [1.82, 2.24) is 0 Å². The van der Waals surface area contributed by atoms with Crippen molar-refractivity contribution in [2.45, 2.75) is 31.9 Å². The highest BCUT2D eigenvalue weighted by Gasteiger charge is 2.30. The second kappa shape index (κ2) is 5.44. The van der Waals surface area contributed by atoms with Crippen LogP contribution in [0.5, 0.6) is 0 Å². The number of hydrogen-bond donors (Lipinski definition) is 0. The van der Waals surface area contributed by atoms with Crippen molar-refractivity contribution >= 4 is 29.0 Å². The van der Waals surface area contributed by atoms with Crippen LogP contribution in [0.4, 0.5) is 11.4 Å². The fourth-order valence-electron chi connectivity index (χ4n) is 2.20. The molecule has 0 saturated heterocycles. The molecule has 1 aliphatic rings. The largest absolute Gasteiger partial charge is 0.311 e. The SMILES string of the molecule is CC(C)(C)SCC(=O)N1CCc2c1cccc2[N+](=O)[O-]. The van der Waals surface area contributed by atoms with E-state index in [-0.39, 0.29) is 21.3 Å². The van der Waals surface area contributed by atoms with E-state index in [1.165, 1.54) is 6.07 Å². The van der Waals surface area contributed by atoms with E-state index < -0.39 is 0 Å². The first kappa shape index (κ1) is 14.8. The fourth-order valence-corrected chi connectivity index (χ4v) is 2.91. The number of fused-ring (bicyclic) bond motifs is 1. The first-order valence-corrected chi connectivity index (χ1v) is 7.49. The molecule has 0 atom stereocenters. The summed E-state index contributed by atoms with van der Waals surface area (Å²) in [5.41, 5.74) is 1.48. The van der Waals surface area contributed by atoms with Gasteiger partial charge in [0.2, 0.25) is 5.91 Å². The topological polar surface area (TPSA) is 63.5 Å². The van der Waals surface area contributed by atoms with Gasteiger partial charge in [-0.2, -0.15) is 0 Å². The number of nitro benzene ring substituents is 1. The number of anilines is 1. The summed E-state index contributed by atoms with van der Waals surface area (Å²) in [6.07, 6.45) is 0.554. The van der Waals surface area contributed by atoms with Gasteiger partial charge >= 0.3 is 0 Å². The molecule has 6 heteroatoms. The van der Waals surface area contributed by atoms with E-state index in [0.717, 1.165) is 0 Å². The lowest BCUT2D eigenvalue weighted by Gasteiger charge is -2.21. The number of nitro groups is 1. The Bertz CT molecular complexity index is 552. The number of amides is 1. The first-order valence-electron chi connectivity index (χ1n) is 6.50. The summed E-state index contributed by atoms with van der Waals surface area (Å²) >= 11 is 1.59. The second-order valence-electron chi connectivity index (χ2n) is 5.73. The van der Waals surface area contributed by atoms with Gasteiger partial charge in [-0.05, 0) is 12.5 Å². The Morgan fingerprint density at radius 1 is 1.45 bits per heavy atom. The van der Waals surface area contributed by atoms with Gasteiger partial charge in [-0.3, -0.25) is 14.9 Å². The molecule has 5 nitrogen and oxygen atoms in total. The van der Waals surface area contributed by atoms with Crippen molar-refractivity contribution in [2.24, 2.45) is 0 Å². The van der Waals surface area contributed by atoms with Gasteiger partial charge in [0.15, 0.2) is 0 Å². The Morgan fingerprint density at radius 2 is 2.15 bits per heavy atom. The molecule has 1 aromatic rings. The third-order valence-corrected chi connectivity index (χ3v) is 4.39. The van der Waals surface area contributed by atoms with Crippen LogP contribution in [0.15, 0.2) is 18.2 Å². The van der Waals surface area contributed by atoms with Crippen molar-refractivity contribution in [3.05, 3.63) is 33.9 Å². The van der Waals surface area contributed by atoms with Gasteiger partial charge < -0.3 is 4.90 Å². The molecule has 2 rings (SSSR count). The Labute approximate surface area is 122 Å². The molecule has 1 amide bonds. The standard InChI is InChI=1S/C14H18N2O3S/c1-14(2,3)20-9-13(17)15-8-7-10-11(15)5-4-6-12(10)16(18)19/h4-6H,7-9H2,1-3H3. The van der Waals surface area contributed by atoms with Crippen LogP contribution in [0.1, 0.15) is 26.3 Å². The lowest BCUT2D eigenvalue weighted by molar-refractivity contribution is -0.385. The van der Waals surface area contributed by atoms with E-state index in [4.69, 9.17) is 0 Å². The average molecular weight is 294 g/mol. The smallest absolute Gasteiger partial charge is 0.274 e. The number of carbonyl (C=O) groups is 1. The van der Waals surface area contributed by atoms with Crippen molar-refractivity contribution in [1.29, 1.82) is 0 Å². The summed E-state index contributed by atoms with van der Waals surface area (Å²) < 4.78 is 0.0287. The molecule has 0 spiro atoms. The van der Waals surface area contributed by atoms with Crippen LogP contribution in [0, 0.1) is 10.1 Å².